The molecule has 1 amide bonds. The van der Waals surface area contributed by atoms with Gasteiger partial charge in [-0.3, -0.25) is 18.9 Å². The third-order valence-electron chi connectivity index (χ3n) is 5.34. The number of carbonyl (C=O) groups excluding carboxylic acids is 1. The summed E-state index contributed by atoms with van der Waals surface area (Å²) in [5.41, 5.74) is 2.55. The SMILES string of the molecule is Cc1cccn2c(=O)c(C(=O)NC3CCN(Cc4ccccc4)CC3)cnc12. The zero-order valence-electron chi connectivity index (χ0n) is 16.0. The lowest BCUT2D eigenvalue weighted by molar-refractivity contribution is 0.0907. The number of pyridine rings is 1. The molecule has 0 radical (unpaired) electrons. The number of aryl methyl sites for hydroxylation is 1. The molecule has 1 aliphatic heterocycles. The minimum absolute atomic E-state index is 0.0807. The van der Waals surface area contributed by atoms with Crippen LogP contribution in [0.5, 0.6) is 0 Å². The fourth-order valence-corrected chi connectivity index (χ4v) is 3.74. The van der Waals surface area contributed by atoms with Crippen molar-refractivity contribution in [3.8, 4) is 0 Å². The largest absolute Gasteiger partial charge is 0.349 e. The Morgan fingerprint density at radius 1 is 1.14 bits per heavy atom. The highest BCUT2D eigenvalue weighted by Gasteiger charge is 2.23. The Kier molecular flexibility index (Phi) is 5.21. The van der Waals surface area contributed by atoms with Gasteiger partial charge in [-0.15, -0.1) is 0 Å². The van der Waals surface area contributed by atoms with Gasteiger partial charge in [0, 0.05) is 38.1 Å². The maximum Gasteiger partial charge on any atom is 0.270 e. The second-order valence-electron chi connectivity index (χ2n) is 7.37. The number of hydrogen-bond donors (Lipinski definition) is 1. The second-order valence-corrected chi connectivity index (χ2v) is 7.37. The average Bonchev–Trinajstić information content (AvgIpc) is 2.71. The monoisotopic (exact) mass is 376 g/mol. The van der Waals surface area contributed by atoms with Crippen molar-refractivity contribution in [2.75, 3.05) is 13.1 Å². The van der Waals surface area contributed by atoms with E-state index in [2.05, 4.69) is 39.5 Å². The number of piperidine rings is 1. The van der Waals surface area contributed by atoms with Crippen molar-refractivity contribution in [2.45, 2.75) is 32.4 Å². The Morgan fingerprint density at radius 2 is 1.89 bits per heavy atom. The standard InChI is InChI=1S/C22H24N4O2/c1-16-6-5-11-26-20(16)23-14-19(22(26)28)21(27)24-18-9-12-25(13-10-18)15-17-7-3-2-4-8-17/h2-8,11,14,18H,9-10,12-13,15H2,1H3,(H,24,27). The van der Waals surface area contributed by atoms with Gasteiger partial charge in [-0.1, -0.05) is 36.4 Å². The van der Waals surface area contributed by atoms with Crippen LogP contribution in [-0.2, 0) is 6.54 Å². The molecule has 144 valence electrons. The van der Waals surface area contributed by atoms with E-state index in [0.29, 0.717) is 5.65 Å². The van der Waals surface area contributed by atoms with Crippen LogP contribution in [0.2, 0.25) is 0 Å². The maximum atomic E-state index is 12.7. The summed E-state index contributed by atoms with van der Waals surface area (Å²) in [5.74, 6) is -0.338. The Labute approximate surface area is 163 Å². The first-order valence-electron chi connectivity index (χ1n) is 9.66. The van der Waals surface area contributed by atoms with Gasteiger partial charge in [0.25, 0.3) is 11.5 Å². The average molecular weight is 376 g/mol. The predicted octanol–water partition coefficient (Wildman–Crippen LogP) is 2.40. The molecule has 3 aromatic rings. The highest BCUT2D eigenvalue weighted by atomic mass is 16.2. The molecule has 3 heterocycles. The Bertz CT molecular complexity index is 1040. The molecule has 6 nitrogen and oxygen atoms in total. The number of hydrogen-bond acceptors (Lipinski definition) is 4. The van der Waals surface area contributed by atoms with E-state index < -0.39 is 0 Å². The van der Waals surface area contributed by atoms with Crippen molar-refractivity contribution >= 4 is 11.6 Å². The molecule has 1 aromatic carbocycles. The number of fused-ring (bicyclic) bond motifs is 1. The fraction of sp³-hybridized carbons (Fsp3) is 0.318. The van der Waals surface area contributed by atoms with Crippen LogP contribution in [0.4, 0.5) is 0 Å². The number of likely N-dealkylation sites (tertiary alicyclic amines) is 1. The lowest BCUT2D eigenvalue weighted by atomic mass is 10.0. The fourth-order valence-electron chi connectivity index (χ4n) is 3.74. The third-order valence-corrected chi connectivity index (χ3v) is 5.34. The van der Waals surface area contributed by atoms with Crippen LogP contribution < -0.4 is 10.9 Å². The van der Waals surface area contributed by atoms with E-state index in [1.807, 2.05) is 19.1 Å². The highest BCUT2D eigenvalue weighted by molar-refractivity contribution is 5.94. The van der Waals surface area contributed by atoms with E-state index in [1.54, 1.807) is 12.3 Å². The molecule has 0 saturated carbocycles. The van der Waals surface area contributed by atoms with E-state index in [-0.39, 0.29) is 23.1 Å². The van der Waals surface area contributed by atoms with Crippen LogP contribution in [0.15, 0.2) is 59.7 Å². The van der Waals surface area contributed by atoms with Crippen molar-refractivity contribution in [3.63, 3.8) is 0 Å². The van der Waals surface area contributed by atoms with E-state index in [9.17, 15) is 9.59 Å². The maximum absolute atomic E-state index is 12.7. The van der Waals surface area contributed by atoms with Gasteiger partial charge >= 0.3 is 0 Å². The van der Waals surface area contributed by atoms with Gasteiger partial charge in [0.2, 0.25) is 0 Å². The Hall–Kier alpha value is -2.99. The first-order valence-corrected chi connectivity index (χ1v) is 9.66. The molecule has 0 bridgehead atoms. The molecule has 1 fully saturated rings. The summed E-state index contributed by atoms with van der Waals surface area (Å²) < 4.78 is 1.44. The molecule has 6 heteroatoms. The Morgan fingerprint density at radius 3 is 2.64 bits per heavy atom. The number of nitrogens with zero attached hydrogens (tertiary/aromatic N) is 3. The first kappa shape index (κ1) is 18.4. The van der Waals surface area contributed by atoms with Crippen LogP contribution in [0.3, 0.4) is 0 Å². The lowest BCUT2D eigenvalue weighted by Crippen LogP contribution is -2.45. The molecule has 0 aliphatic carbocycles. The van der Waals surface area contributed by atoms with Gasteiger partial charge < -0.3 is 5.32 Å². The second kappa shape index (κ2) is 7.94. The minimum Gasteiger partial charge on any atom is -0.349 e. The number of nitrogens with one attached hydrogen (secondary N) is 1. The lowest BCUT2D eigenvalue weighted by Gasteiger charge is -2.32. The number of benzene rings is 1. The van der Waals surface area contributed by atoms with Crippen molar-refractivity contribution < 1.29 is 4.79 Å². The third kappa shape index (κ3) is 3.82. The zero-order chi connectivity index (χ0) is 19.5. The van der Waals surface area contributed by atoms with Crippen LogP contribution in [0, 0.1) is 6.92 Å². The molecule has 1 aliphatic rings. The topological polar surface area (TPSA) is 66.7 Å². The zero-order valence-corrected chi connectivity index (χ0v) is 16.0. The molecule has 0 spiro atoms. The summed E-state index contributed by atoms with van der Waals surface area (Å²) >= 11 is 0. The minimum atomic E-state index is -0.338. The van der Waals surface area contributed by atoms with E-state index in [4.69, 9.17) is 0 Å². The molecular formula is C22H24N4O2. The summed E-state index contributed by atoms with van der Waals surface area (Å²) in [6.45, 7) is 4.67. The highest BCUT2D eigenvalue weighted by Crippen LogP contribution is 2.14. The van der Waals surface area contributed by atoms with Crippen molar-refractivity contribution in [1.82, 2.24) is 19.6 Å². The van der Waals surface area contributed by atoms with Gasteiger partial charge in [0.05, 0.1) is 0 Å². The van der Waals surface area contributed by atoms with E-state index in [1.165, 1.54) is 16.2 Å². The summed E-state index contributed by atoms with van der Waals surface area (Å²) in [5, 5.41) is 3.02. The number of carbonyl (C=O) groups is 1. The van der Waals surface area contributed by atoms with Gasteiger partial charge in [0.15, 0.2) is 0 Å². The smallest absolute Gasteiger partial charge is 0.270 e. The summed E-state index contributed by atoms with van der Waals surface area (Å²) in [7, 11) is 0. The van der Waals surface area contributed by atoms with E-state index >= 15 is 0 Å². The Balaban J connectivity index is 1.39. The summed E-state index contributed by atoms with van der Waals surface area (Å²) in [6, 6.07) is 14.2. The molecule has 1 N–H and O–H groups in total. The molecule has 28 heavy (non-hydrogen) atoms. The van der Waals surface area contributed by atoms with Crippen LogP contribution in [-0.4, -0.2) is 39.3 Å². The van der Waals surface area contributed by atoms with Gasteiger partial charge in [-0.2, -0.15) is 0 Å². The molecule has 2 aromatic heterocycles. The molecular weight excluding hydrogens is 352 g/mol. The molecule has 0 unspecified atom stereocenters. The first-order chi connectivity index (χ1) is 13.6. The quantitative estimate of drug-likeness (QED) is 0.759. The normalized spacial score (nSPS) is 15.6. The van der Waals surface area contributed by atoms with E-state index in [0.717, 1.165) is 38.0 Å². The molecule has 0 atom stereocenters. The van der Waals surface area contributed by atoms with Gasteiger partial charge in [-0.05, 0) is 37.0 Å². The number of amides is 1. The molecule has 4 rings (SSSR count). The predicted molar refractivity (Wildman–Crippen MR) is 108 cm³/mol. The number of aromatic nitrogens is 2. The van der Waals surface area contributed by atoms with Crippen molar-refractivity contribution in [2.24, 2.45) is 0 Å². The van der Waals surface area contributed by atoms with Crippen LogP contribution in [0.1, 0.15) is 34.3 Å². The van der Waals surface area contributed by atoms with Gasteiger partial charge in [-0.25, -0.2) is 4.98 Å². The summed E-state index contributed by atoms with van der Waals surface area (Å²) in [6.07, 6.45) is 4.79. The van der Waals surface area contributed by atoms with Crippen molar-refractivity contribution in [3.05, 3.63) is 81.9 Å². The number of rotatable bonds is 4. The van der Waals surface area contributed by atoms with Gasteiger partial charge in [0.1, 0.15) is 11.2 Å². The molecule has 1 saturated heterocycles. The van der Waals surface area contributed by atoms with Crippen LogP contribution >= 0.6 is 0 Å². The van der Waals surface area contributed by atoms with Crippen LogP contribution in [0.25, 0.3) is 5.65 Å². The summed E-state index contributed by atoms with van der Waals surface area (Å²) in [4.78, 5) is 32.0. The van der Waals surface area contributed by atoms with Crippen molar-refractivity contribution in [1.29, 1.82) is 0 Å².